The molecule has 66 heavy (non-hydrogen) atoms. The summed E-state index contributed by atoms with van der Waals surface area (Å²) in [5, 5.41) is 0. The highest BCUT2D eigenvalue weighted by Crippen LogP contribution is 2.43. The molecule has 0 spiro atoms. The van der Waals surface area contributed by atoms with Crippen LogP contribution >= 0.6 is 7.82 Å². The van der Waals surface area contributed by atoms with Gasteiger partial charge in [-0.05, 0) is 12.8 Å². The number of phosphoric ester groups is 1. The van der Waals surface area contributed by atoms with Gasteiger partial charge >= 0.3 is 13.8 Å². The van der Waals surface area contributed by atoms with Crippen LogP contribution in [0.1, 0.15) is 303 Å². The molecule has 0 bridgehead atoms. The zero-order valence-corrected chi connectivity index (χ0v) is 46.1. The van der Waals surface area contributed by atoms with Crippen LogP contribution in [-0.4, -0.2) is 75.6 Å². The number of quaternary nitrogens is 1. The highest BCUT2D eigenvalue weighted by molar-refractivity contribution is 7.47. The van der Waals surface area contributed by atoms with E-state index < -0.39 is 13.9 Å². The Morgan fingerprint density at radius 3 is 1.00 bits per heavy atom. The summed E-state index contributed by atoms with van der Waals surface area (Å²) in [4.78, 5) is 23.1. The summed E-state index contributed by atoms with van der Waals surface area (Å²) in [6.07, 6.45) is 58.8. The van der Waals surface area contributed by atoms with Gasteiger partial charge in [0.15, 0.2) is 0 Å². The number of unbranched alkanes of at least 4 members (excludes halogenated alkanes) is 42. The minimum atomic E-state index is -4.28. The predicted octanol–water partition coefficient (Wildman–Crippen LogP) is 18.3. The molecule has 0 amide bonds. The van der Waals surface area contributed by atoms with Crippen LogP contribution in [0.5, 0.6) is 0 Å². The van der Waals surface area contributed by atoms with E-state index in [1.54, 1.807) is 0 Å². The van der Waals surface area contributed by atoms with Crippen LogP contribution in [0, 0.1) is 0 Å². The average Bonchev–Trinajstić information content (AvgIpc) is 3.28. The predicted molar refractivity (Wildman–Crippen MR) is 284 cm³/mol. The van der Waals surface area contributed by atoms with E-state index in [-0.39, 0.29) is 25.8 Å². The molecule has 0 saturated carbocycles. The molecule has 0 aliphatic rings. The van der Waals surface area contributed by atoms with Crippen molar-refractivity contribution in [2.24, 2.45) is 0 Å². The van der Waals surface area contributed by atoms with Crippen molar-refractivity contribution in [1.82, 2.24) is 0 Å². The van der Waals surface area contributed by atoms with Gasteiger partial charge in [0.05, 0.1) is 34.4 Å². The summed E-state index contributed by atoms with van der Waals surface area (Å²) in [7, 11) is 1.69. The first-order chi connectivity index (χ1) is 32.1. The Morgan fingerprint density at radius 1 is 0.409 bits per heavy atom. The van der Waals surface area contributed by atoms with E-state index in [0.29, 0.717) is 24.1 Å². The van der Waals surface area contributed by atoms with E-state index in [1.807, 2.05) is 21.1 Å². The number of hydrogen-bond acceptors (Lipinski definition) is 6. The number of likely N-dealkylation sites (N-methyl/N-ethyl adjacent to an activating group) is 1. The van der Waals surface area contributed by atoms with Crippen LogP contribution in [0.15, 0.2) is 0 Å². The highest BCUT2D eigenvalue weighted by Gasteiger charge is 2.26. The normalized spacial score (nSPS) is 13.4. The molecule has 0 aromatic carbocycles. The van der Waals surface area contributed by atoms with Crippen molar-refractivity contribution >= 4 is 13.8 Å². The second kappa shape index (κ2) is 50.9. The molecule has 0 rings (SSSR count). The zero-order valence-electron chi connectivity index (χ0n) is 45.2. The van der Waals surface area contributed by atoms with Crippen molar-refractivity contribution in [3.8, 4) is 0 Å². The molecule has 0 heterocycles. The molecule has 0 saturated heterocycles. The summed E-state index contributed by atoms with van der Waals surface area (Å²) >= 11 is 0. The first-order valence-corrected chi connectivity index (χ1v) is 30.8. The molecule has 2 unspecified atom stereocenters. The summed E-state index contributed by atoms with van der Waals surface area (Å²) in [5.41, 5.74) is 0. The number of carbonyl (C=O) groups is 1. The number of phosphoric acid groups is 1. The SMILES string of the molecule is CCCCCCCCCCCCCCCCCCCCCCCCCC(=O)OC(COCCCCCCCCCCCCCCCCCCCCCCC)COP(=O)(O)OCC[N+](C)(C)C. The summed E-state index contributed by atoms with van der Waals surface area (Å²) in [6.45, 7) is 5.72. The molecule has 0 radical (unpaired) electrons. The third-order valence-corrected chi connectivity index (χ3v) is 14.4. The second-order valence-corrected chi connectivity index (χ2v) is 22.9. The molecule has 9 heteroatoms. The summed E-state index contributed by atoms with van der Waals surface area (Å²) in [5.74, 6) is -0.302. The molecule has 0 aromatic heterocycles. The van der Waals surface area contributed by atoms with Crippen LogP contribution in [0.3, 0.4) is 0 Å². The first kappa shape index (κ1) is 65.5. The molecule has 8 nitrogen and oxygen atoms in total. The van der Waals surface area contributed by atoms with Gasteiger partial charge < -0.3 is 18.9 Å². The molecule has 0 aromatic rings. The average molecular weight is 960 g/mol. The van der Waals surface area contributed by atoms with Crippen LogP contribution in [0.2, 0.25) is 0 Å². The zero-order chi connectivity index (χ0) is 48.3. The smallest absolute Gasteiger partial charge is 0.457 e. The number of carbonyl (C=O) groups excluding carboxylic acids is 1. The maximum absolute atomic E-state index is 12.8. The standard InChI is InChI=1S/C57H116NO7P/c1-6-8-10-12-14-16-18-20-22-24-26-28-29-30-32-34-36-38-40-42-44-46-48-50-57(59)65-56(55-64-66(60,61)63-53-51-58(3,4)5)54-62-52-49-47-45-43-41-39-37-35-33-31-27-25-23-21-19-17-15-13-11-9-7-2/h56H,6-55H2,1-5H3/p+1. The lowest BCUT2D eigenvalue weighted by atomic mass is 10.0. The van der Waals surface area contributed by atoms with E-state index in [9.17, 15) is 14.3 Å². The Morgan fingerprint density at radius 2 is 0.697 bits per heavy atom. The largest absolute Gasteiger partial charge is 0.472 e. The number of nitrogens with zero attached hydrogens (tertiary/aromatic N) is 1. The highest BCUT2D eigenvalue weighted by atomic mass is 31.2. The fourth-order valence-electron chi connectivity index (χ4n) is 8.91. The summed E-state index contributed by atoms with van der Waals surface area (Å²) in [6, 6.07) is 0. The van der Waals surface area contributed by atoms with Gasteiger partial charge in [0.25, 0.3) is 0 Å². The van der Waals surface area contributed by atoms with Gasteiger partial charge in [-0.3, -0.25) is 13.8 Å². The van der Waals surface area contributed by atoms with Gasteiger partial charge in [-0.1, -0.05) is 284 Å². The van der Waals surface area contributed by atoms with Crippen molar-refractivity contribution in [3.05, 3.63) is 0 Å². The van der Waals surface area contributed by atoms with Crippen LogP contribution < -0.4 is 0 Å². The number of ether oxygens (including phenoxy) is 2. The van der Waals surface area contributed by atoms with Gasteiger partial charge in [-0.15, -0.1) is 0 Å². The molecule has 0 aliphatic heterocycles. The van der Waals surface area contributed by atoms with Crippen molar-refractivity contribution in [2.75, 3.05) is 54.1 Å². The van der Waals surface area contributed by atoms with Crippen molar-refractivity contribution in [1.29, 1.82) is 0 Å². The number of hydrogen-bond donors (Lipinski definition) is 1. The number of esters is 1. The third kappa shape index (κ3) is 54.4. The molecule has 0 fully saturated rings. The fraction of sp³-hybridized carbons (Fsp3) is 0.982. The van der Waals surface area contributed by atoms with E-state index in [1.165, 1.54) is 250 Å². The first-order valence-electron chi connectivity index (χ1n) is 29.3. The summed E-state index contributed by atoms with van der Waals surface area (Å²) < 4.78 is 35.3. The van der Waals surface area contributed by atoms with Crippen molar-refractivity contribution < 1.29 is 37.3 Å². The van der Waals surface area contributed by atoms with Gasteiger partial charge in [-0.25, -0.2) is 4.57 Å². The van der Waals surface area contributed by atoms with Crippen LogP contribution in [-0.2, 0) is 27.9 Å². The van der Waals surface area contributed by atoms with Crippen LogP contribution in [0.4, 0.5) is 0 Å². The lowest BCUT2D eigenvalue weighted by molar-refractivity contribution is -0.870. The maximum Gasteiger partial charge on any atom is 0.472 e. The Labute approximate surface area is 412 Å². The van der Waals surface area contributed by atoms with E-state index in [2.05, 4.69) is 13.8 Å². The maximum atomic E-state index is 12.8. The van der Waals surface area contributed by atoms with Crippen molar-refractivity contribution in [3.63, 3.8) is 0 Å². The van der Waals surface area contributed by atoms with E-state index in [0.717, 1.165) is 32.1 Å². The lowest BCUT2D eigenvalue weighted by Crippen LogP contribution is -2.37. The molecule has 1 N–H and O–H groups in total. The monoisotopic (exact) mass is 959 g/mol. The quantitative estimate of drug-likeness (QED) is 0.0281. The Kier molecular flexibility index (Phi) is 50.5. The van der Waals surface area contributed by atoms with Crippen molar-refractivity contribution in [2.45, 2.75) is 309 Å². The van der Waals surface area contributed by atoms with E-state index in [4.69, 9.17) is 18.5 Å². The lowest BCUT2D eigenvalue weighted by Gasteiger charge is -2.24. The van der Waals surface area contributed by atoms with Gasteiger partial charge in [0.2, 0.25) is 0 Å². The van der Waals surface area contributed by atoms with E-state index >= 15 is 0 Å². The Balaban J connectivity index is 4.00. The Bertz CT molecular complexity index is 1020. The Hall–Kier alpha value is -0.500. The molecular weight excluding hydrogens is 842 g/mol. The van der Waals surface area contributed by atoms with Gasteiger partial charge in [0, 0.05) is 13.0 Å². The molecule has 2 atom stereocenters. The molecular formula is C57H117NO7P+. The second-order valence-electron chi connectivity index (χ2n) is 21.4. The van der Waals surface area contributed by atoms with Gasteiger partial charge in [-0.2, -0.15) is 0 Å². The minimum absolute atomic E-state index is 0.0945. The fourth-order valence-corrected chi connectivity index (χ4v) is 9.65. The topological polar surface area (TPSA) is 91.3 Å². The van der Waals surface area contributed by atoms with Crippen LogP contribution in [0.25, 0.3) is 0 Å². The number of rotatable bonds is 56. The molecule has 396 valence electrons. The molecule has 0 aliphatic carbocycles. The third-order valence-electron chi connectivity index (χ3n) is 13.4. The minimum Gasteiger partial charge on any atom is -0.457 e. The van der Waals surface area contributed by atoms with Gasteiger partial charge in [0.1, 0.15) is 19.3 Å².